The molecule has 1 aromatic carbocycles. The van der Waals surface area contributed by atoms with Gasteiger partial charge in [-0.1, -0.05) is 11.3 Å². The van der Waals surface area contributed by atoms with Crippen molar-refractivity contribution in [2.75, 3.05) is 14.2 Å². The highest BCUT2D eigenvalue weighted by Crippen LogP contribution is 2.34. The molecule has 0 amide bonds. The zero-order valence-corrected chi connectivity index (χ0v) is 9.50. The molecule has 0 unspecified atom stereocenters. The minimum Gasteiger partial charge on any atom is -0.506 e. The minimum absolute atomic E-state index is 0.0579. The smallest absolute Gasteiger partial charge is 0.338 e. The predicted octanol–water partition coefficient (Wildman–Crippen LogP) is 1.80. The summed E-state index contributed by atoms with van der Waals surface area (Å²) in [6, 6.07) is 2.94. The number of methoxy groups -OCH3 is 2. The van der Waals surface area contributed by atoms with E-state index in [4.69, 9.17) is 4.74 Å². The van der Waals surface area contributed by atoms with Crippen LogP contribution in [0.15, 0.2) is 12.1 Å². The van der Waals surface area contributed by atoms with Crippen LogP contribution in [-0.4, -0.2) is 30.3 Å². The second-order valence-electron chi connectivity index (χ2n) is 3.02. The van der Waals surface area contributed by atoms with Gasteiger partial charge in [0.2, 0.25) is 0 Å². The number of nitrogens with zero attached hydrogens (tertiary/aromatic N) is 1. The van der Waals surface area contributed by atoms with Crippen molar-refractivity contribution in [3.63, 3.8) is 0 Å². The molecule has 2 rings (SSSR count). The van der Waals surface area contributed by atoms with Crippen LogP contribution < -0.4 is 4.74 Å². The number of phenols is 1. The lowest BCUT2D eigenvalue weighted by Crippen LogP contribution is -2.00. The highest BCUT2D eigenvalue weighted by Gasteiger charge is 2.14. The molecule has 2 aromatic rings. The van der Waals surface area contributed by atoms with Crippen molar-refractivity contribution in [3.05, 3.63) is 17.7 Å². The van der Waals surface area contributed by atoms with Gasteiger partial charge >= 0.3 is 5.97 Å². The van der Waals surface area contributed by atoms with E-state index >= 15 is 0 Å². The number of hydrogen-bond donors (Lipinski definition) is 1. The average Bonchev–Trinajstić information content (AvgIpc) is 2.71. The maximum absolute atomic E-state index is 11.3. The fourth-order valence-electron chi connectivity index (χ4n) is 1.31. The molecule has 0 fully saturated rings. The summed E-state index contributed by atoms with van der Waals surface area (Å²) < 4.78 is 10.2. The lowest BCUT2D eigenvalue weighted by Gasteiger charge is -1.99. The minimum atomic E-state index is -0.496. The summed E-state index contributed by atoms with van der Waals surface area (Å²) in [5.74, 6) is -0.554. The third-order valence-corrected chi connectivity index (χ3v) is 3.01. The number of hydrogen-bond acceptors (Lipinski definition) is 6. The van der Waals surface area contributed by atoms with E-state index in [0.29, 0.717) is 21.0 Å². The number of benzene rings is 1. The van der Waals surface area contributed by atoms with Crippen LogP contribution >= 0.6 is 11.3 Å². The number of fused-ring (bicyclic) bond motifs is 1. The van der Waals surface area contributed by atoms with Crippen LogP contribution in [0.4, 0.5) is 0 Å². The molecule has 0 saturated heterocycles. The van der Waals surface area contributed by atoms with E-state index in [1.807, 2.05) is 0 Å². The van der Waals surface area contributed by atoms with Gasteiger partial charge in [0.25, 0.3) is 5.19 Å². The third kappa shape index (κ3) is 1.67. The van der Waals surface area contributed by atoms with Crippen LogP contribution in [0.2, 0.25) is 0 Å². The first-order valence-electron chi connectivity index (χ1n) is 4.41. The number of aromatic nitrogens is 1. The summed E-state index contributed by atoms with van der Waals surface area (Å²) >= 11 is 1.25. The van der Waals surface area contributed by atoms with Gasteiger partial charge in [0.05, 0.1) is 24.5 Å². The summed E-state index contributed by atoms with van der Waals surface area (Å²) in [6.45, 7) is 0. The Morgan fingerprint density at radius 3 is 2.81 bits per heavy atom. The second-order valence-corrected chi connectivity index (χ2v) is 4.01. The maximum Gasteiger partial charge on any atom is 0.338 e. The Bertz CT molecular complexity index is 549. The van der Waals surface area contributed by atoms with Crippen molar-refractivity contribution in [2.45, 2.75) is 0 Å². The van der Waals surface area contributed by atoms with E-state index in [2.05, 4.69) is 9.72 Å². The molecule has 16 heavy (non-hydrogen) atoms. The Kier molecular flexibility index (Phi) is 2.66. The predicted molar refractivity (Wildman–Crippen MR) is 59.2 cm³/mol. The van der Waals surface area contributed by atoms with Crippen LogP contribution in [0.3, 0.4) is 0 Å². The first kappa shape index (κ1) is 10.7. The number of ether oxygens (including phenoxy) is 2. The van der Waals surface area contributed by atoms with E-state index in [1.165, 1.54) is 31.6 Å². The summed E-state index contributed by atoms with van der Waals surface area (Å²) in [5.41, 5.74) is 0.716. The molecule has 0 aliphatic carbocycles. The number of carbonyl (C=O) groups excluding carboxylic acids is 1. The van der Waals surface area contributed by atoms with Crippen molar-refractivity contribution in [1.82, 2.24) is 4.98 Å². The van der Waals surface area contributed by atoms with E-state index in [9.17, 15) is 9.90 Å². The molecular weight excluding hydrogens is 230 g/mol. The van der Waals surface area contributed by atoms with Gasteiger partial charge in [-0.15, -0.1) is 0 Å². The SMILES string of the molecule is COC(=O)c1cc(O)c2nc(OC)sc2c1. The lowest BCUT2D eigenvalue weighted by molar-refractivity contribution is 0.0600. The van der Waals surface area contributed by atoms with Crippen LogP contribution in [0.5, 0.6) is 10.9 Å². The van der Waals surface area contributed by atoms with Gasteiger partial charge in [0.1, 0.15) is 11.3 Å². The maximum atomic E-state index is 11.3. The van der Waals surface area contributed by atoms with Crippen LogP contribution in [0, 0.1) is 0 Å². The zero-order chi connectivity index (χ0) is 11.7. The van der Waals surface area contributed by atoms with Gasteiger partial charge in [-0.3, -0.25) is 0 Å². The number of aromatic hydroxyl groups is 1. The molecule has 5 nitrogen and oxygen atoms in total. The van der Waals surface area contributed by atoms with Crippen LogP contribution in [0.1, 0.15) is 10.4 Å². The first-order chi connectivity index (χ1) is 7.65. The summed E-state index contributed by atoms with van der Waals surface area (Å²) in [6.07, 6.45) is 0. The standard InChI is InChI=1S/C10H9NO4S/c1-14-9(13)5-3-6(12)8-7(4-5)16-10(11-8)15-2/h3-4,12H,1-2H3. The van der Waals surface area contributed by atoms with E-state index in [-0.39, 0.29) is 5.75 Å². The molecule has 1 aromatic heterocycles. The lowest BCUT2D eigenvalue weighted by atomic mass is 10.2. The summed E-state index contributed by atoms with van der Waals surface area (Å²) in [4.78, 5) is 15.4. The van der Waals surface area contributed by atoms with E-state index < -0.39 is 5.97 Å². The van der Waals surface area contributed by atoms with Gasteiger partial charge < -0.3 is 14.6 Å². The number of phenolic OH excluding ortho intramolecular Hbond substituents is 1. The second kappa shape index (κ2) is 3.97. The fraction of sp³-hybridized carbons (Fsp3) is 0.200. The Morgan fingerprint density at radius 1 is 1.44 bits per heavy atom. The normalized spacial score (nSPS) is 10.4. The Balaban J connectivity index is 2.61. The number of rotatable bonds is 2. The van der Waals surface area contributed by atoms with Gasteiger partial charge in [-0.25, -0.2) is 4.79 Å². The molecule has 6 heteroatoms. The summed E-state index contributed by atoms with van der Waals surface area (Å²) in [7, 11) is 2.78. The molecule has 0 bridgehead atoms. The Labute approximate surface area is 95.3 Å². The van der Waals surface area contributed by atoms with Gasteiger partial charge in [0.15, 0.2) is 0 Å². The van der Waals surface area contributed by atoms with Gasteiger partial charge in [0, 0.05) is 0 Å². The Hall–Kier alpha value is -1.82. The quantitative estimate of drug-likeness (QED) is 0.809. The highest BCUT2D eigenvalue weighted by atomic mass is 32.1. The zero-order valence-electron chi connectivity index (χ0n) is 8.68. The van der Waals surface area contributed by atoms with Crippen molar-refractivity contribution in [2.24, 2.45) is 0 Å². The van der Waals surface area contributed by atoms with Gasteiger partial charge in [-0.2, -0.15) is 4.98 Å². The van der Waals surface area contributed by atoms with Crippen molar-refractivity contribution in [1.29, 1.82) is 0 Å². The number of carbonyl (C=O) groups is 1. The number of esters is 1. The van der Waals surface area contributed by atoms with Crippen LogP contribution in [0.25, 0.3) is 10.2 Å². The van der Waals surface area contributed by atoms with Crippen LogP contribution in [-0.2, 0) is 4.74 Å². The van der Waals surface area contributed by atoms with Crippen molar-refractivity contribution < 1.29 is 19.4 Å². The highest BCUT2D eigenvalue weighted by molar-refractivity contribution is 7.20. The van der Waals surface area contributed by atoms with Crippen molar-refractivity contribution in [3.8, 4) is 10.9 Å². The fourth-order valence-corrected chi connectivity index (χ4v) is 2.16. The third-order valence-electron chi connectivity index (χ3n) is 2.05. The topological polar surface area (TPSA) is 68.7 Å². The first-order valence-corrected chi connectivity index (χ1v) is 5.23. The molecule has 0 aliphatic heterocycles. The molecular formula is C10H9NO4S. The van der Waals surface area contributed by atoms with E-state index in [0.717, 1.165) is 0 Å². The monoisotopic (exact) mass is 239 g/mol. The molecule has 0 aliphatic rings. The van der Waals surface area contributed by atoms with Crippen molar-refractivity contribution >= 4 is 27.5 Å². The molecule has 0 atom stereocenters. The largest absolute Gasteiger partial charge is 0.506 e. The molecule has 0 saturated carbocycles. The molecule has 84 valence electrons. The van der Waals surface area contributed by atoms with E-state index in [1.54, 1.807) is 6.07 Å². The molecule has 0 spiro atoms. The number of thiazole rings is 1. The Morgan fingerprint density at radius 2 is 2.19 bits per heavy atom. The molecule has 1 heterocycles. The molecule has 0 radical (unpaired) electrons. The van der Waals surface area contributed by atoms with Gasteiger partial charge in [-0.05, 0) is 12.1 Å². The molecule has 1 N–H and O–H groups in total. The average molecular weight is 239 g/mol. The summed E-state index contributed by atoms with van der Waals surface area (Å²) in [5, 5.41) is 10.1.